The number of aromatic nitrogens is 5. The number of nitrogens with one attached hydrogen (secondary N) is 2. The van der Waals surface area contributed by atoms with E-state index in [0.717, 1.165) is 36.9 Å². The predicted molar refractivity (Wildman–Crippen MR) is 108 cm³/mol. The Labute approximate surface area is 163 Å². The summed E-state index contributed by atoms with van der Waals surface area (Å²) in [5.74, 6) is 1.59. The number of pyridine rings is 1. The van der Waals surface area contributed by atoms with Crippen LogP contribution in [0.4, 0.5) is 0 Å². The fourth-order valence-electron chi connectivity index (χ4n) is 2.42. The smallest absolute Gasteiger partial charge is 0.191 e. The highest BCUT2D eigenvalue weighted by molar-refractivity contribution is 14.0. The molecule has 134 valence electrons. The molecule has 0 fully saturated rings. The molecule has 0 aromatic carbocycles. The molecule has 3 heterocycles. The third-order valence-corrected chi connectivity index (χ3v) is 3.57. The van der Waals surface area contributed by atoms with E-state index in [0.29, 0.717) is 6.54 Å². The van der Waals surface area contributed by atoms with Crippen LogP contribution in [0.2, 0.25) is 0 Å². The summed E-state index contributed by atoms with van der Waals surface area (Å²) in [6, 6.07) is 5.83. The van der Waals surface area contributed by atoms with E-state index in [9.17, 15) is 0 Å². The lowest BCUT2D eigenvalue weighted by atomic mass is 10.2. The molecule has 0 amide bonds. The van der Waals surface area contributed by atoms with Crippen LogP contribution in [0, 0.1) is 0 Å². The Bertz CT molecular complexity index is 822. The number of aliphatic imine (C=N–C) groups is 1. The van der Waals surface area contributed by atoms with Gasteiger partial charge in [-0.3, -0.25) is 9.08 Å². The van der Waals surface area contributed by atoms with E-state index in [4.69, 9.17) is 0 Å². The molecular weight excluding hydrogens is 431 g/mol. The van der Waals surface area contributed by atoms with Crippen molar-refractivity contribution >= 4 is 35.6 Å². The molecule has 8 nitrogen and oxygen atoms in total. The standard InChI is InChI=1S/C16H22N8.HI/c1-3-17-16(18-8-7-13-10-20-23(2)12-13)19-11-15-22-21-14-6-4-5-9-24(14)15;/h4-6,9-10,12H,3,7-8,11H2,1-2H3,(H2,17,18,19);1H. The highest BCUT2D eigenvalue weighted by Crippen LogP contribution is 2.03. The molecular formula is C16H23IN8. The van der Waals surface area contributed by atoms with E-state index in [-0.39, 0.29) is 24.0 Å². The zero-order chi connectivity index (χ0) is 16.8. The molecule has 9 heteroatoms. The van der Waals surface area contributed by atoms with Crippen LogP contribution >= 0.6 is 24.0 Å². The second-order valence-corrected chi connectivity index (χ2v) is 5.44. The van der Waals surface area contributed by atoms with Crippen LogP contribution in [0.15, 0.2) is 41.8 Å². The zero-order valence-electron chi connectivity index (χ0n) is 14.4. The summed E-state index contributed by atoms with van der Waals surface area (Å²) in [6.45, 7) is 4.11. The highest BCUT2D eigenvalue weighted by Gasteiger charge is 2.04. The van der Waals surface area contributed by atoms with Gasteiger partial charge >= 0.3 is 0 Å². The van der Waals surface area contributed by atoms with E-state index >= 15 is 0 Å². The van der Waals surface area contributed by atoms with Gasteiger partial charge in [-0.2, -0.15) is 5.10 Å². The molecule has 0 bridgehead atoms. The largest absolute Gasteiger partial charge is 0.357 e. The lowest BCUT2D eigenvalue weighted by Gasteiger charge is -2.10. The van der Waals surface area contributed by atoms with Crippen LogP contribution in [0.25, 0.3) is 5.65 Å². The summed E-state index contributed by atoms with van der Waals surface area (Å²) in [5.41, 5.74) is 2.03. The molecule has 0 spiro atoms. The molecule has 0 saturated heterocycles. The molecule has 0 aliphatic rings. The Morgan fingerprint density at radius 3 is 2.88 bits per heavy atom. The number of aryl methyl sites for hydroxylation is 1. The molecule has 0 radical (unpaired) electrons. The van der Waals surface area contributed by atoms with Crippen molar-refractivity contribution in [3.8, 4) is 0 Å². The van der Waals surface area contributed by atoms with E-state index < -0.39 is 0 Å². The summed E-state index contributed by atoms with van der Waals surface area (Å²) in [7, 11) is 1.92. The van der Waals surface area contributed by atoms with Crippen LogP contribution < -0.4 is 10.6 Å². The summed E-state index contributed by atoms with van der Waals surface area (Å²) in [4.78, 5) is 4.59. The van der Waals surface area contributed by atoms with Gasteiger partial charge in [-0.25, -0.2) is 4.99 Å². The minimum absolute atomic E-state index is 0. The summed E-state index contributed by atoms with van der Waals surface area (Å²) >= 11 is 0. The van der Waals surface area contributed by atoms with Gasteiger partial charge in [0.05, 0.1) is 6.20 Å². The average Bonchev–Trinajstić information content (AvgIpc) is 3.19. The molecule has 3 rings (SSSR count). The van der Waals surface area contributed by atoms with Crippen LogP contribution in [0.1, 0.15) is 18.3 Å². The van der Waals surface area contributed by atoms with Gasteiger partial charge in [-0.1, -0.05) is 6.07 Å². The second kappa shape index (κ2) is 9.35. The van der Waals surface area contributed by atoms with E-state index in [1.54, 1.807) is 0 Å². The number of hydrogen-bond donors (Lipinski definition) is 2. The van der Waals surface area contributed by atoms with Crippen molar-refractivity contribution in [3.63, 3.8) is 0 Å². The summed E-state index contributed by atoms with van der Waals surface area (Å²) < 4.78 is 3.76. The van der Waals surface area contributed by atoms with E-state index in [2.05, 4.69) is 30.9 Å². The zero-order valence-corrected chi connectivity index (χ0v) is 16.7. The van der Waals surface area contributed by atoms with Gasteiger partial charge in [-0.15, -0.1) is 34.2 Å². The SMILES string of the molecule is CCNC(=NCc1nnc2ccccn12)NCCc1cnn(C)c1.I. The lowest BCUT2D eigenvalue weighted by molar-refractivity contribution is 0.764. The quantitative estimate of drug-likeness (QED) is 0.334. The number of halogens is 1. The van der Waals surface area contributed by atoms with Gasteiger partial charge < -0.3 is 10.6 Å². The van der Waals surface area contributed by atoms with Crippen LogP contribution in [-0.4, -0.2) is 43.4 Å². The van der Waals surface area contributed by atoms with E-state index in [1.165, 1.54) is 5.56 Å². The van der Waals surface area contributed by atoms with Gasteiger partial charge in [0.1, 0.15) is 6.54 Å². The number of hydrogen-bond acceptors (Lipinski definition) is 4. The minimum atomic E-state index is 0. The van der Waals surface area contributed by atoms with Crippen molar-refractivity contribution in [2.75, 3.05) is 13.1 Å². The maximum Gasteiger partial charge on any atom is 0.191 e. The molecule has 0 aliphatic carbocycles. The van der Waals surface area contributed by atoms with Gasteiger partial charge in [0.25, 0.3) is 0 Å². The fourth-order valence-corrected chi connectivity index (χ4v) is 2.42. The maximum absolute atomic E-state index is 4.59. The summed E-state index contributed by atoms with van der Waals surface area (Å²) in [6.07, 6.45) is 6.75. The number of fused-ring (bicyclic) bond motifs is 1. The molecule has 3 aromatic heterocycles. The number of rotatable bonds is 6. The van der Waals surface area contributed by atoms with Crippen LogP contribution in [0.5, 0.6) is 0 Å². The first-order chi connectivity index (χ1) is 11.8. The van der Waals surface area contributed by atoms with Crippen molar-refractivity contribution < 1.29 is 0 Å². The van der Waals surface area contributed by atoms with Crippen molar-refractivity contribution in [2.24, 2.45) is 12.0 Å². The fraction of sp³-hybridized carbons (Fsp3) is 0.375. The molecule has 3 aromatic rings. The first kappa shape index (κ1) is 19.2. The predicted octanol–water partition coefficient (Wildman–Crippen LogP) is 1.38. The van der Waals surface area contributed by atoms with Crippen molar-refractivity contribution in [2.45, 2.75) is 19.9 Å². The maximum atomic E-state index is 4.59. The number of nitrogens with zero attached hydrogens (tertiary/aromatic N) is 6. The van der Waals surface area contributed by atoms with Crippen LogP contribution in [-0.2, 0) is 20.0 Å². The second-order valence-electron chi connectivity index (χ2n) is 5.44. The summed E-state index contributed by atoms with van der Waals surface area (Å²) in [5, 5.41) is 19.1. The first-order valence-electron chi connectivity index (χ1n) is 8.04. The Balaban J connectivity index is 0.00000225. The van der Waals surface area contributed by atoms with Crippen molar-refractivity contribution in [3.05, 3.63) is 48.2 Å². The molecule has 25 heavy (non-hydrogen) atoms. The van der Waals surface area contributed by atoms with Gasteiger partial charge in [0, 0.05) is 32.5 Å². The number of guanidine groups is 1. The Morgan fingerprint density at radius 2 is 2.12 bits per heavy atom. The molecule has 0 saturated carbocycles. The molecule has 0 aliphatic heterocycles. The average molecular weight is 454 g/mol. The monoisotopic (exact) mass is 454 g/mol. The normalized spacial score (nSPS) is 11.4. The Hall–Kier alpha value is -2.17. The van der Waals surface area contributed by atoms with Crippen molar-refractivity contribution in [1.29, 1.82) is 0 Å². The third kappa shape index (κ3) is 5.15. The Morgan fingerprint density at radius 1 is 1.24 bits per heavy atom. The van der Waals surface area contributed by atoms with Crippen LogP contribution in [0.3, 0.4) is 0 Å². The minimum Gasteiger partial charge on any atom is -0.357 e. The molecule has 0 atom stereocenters. The first-order valence-corrected chi connectivity index (χ1v) is 8.04. The van der Waals surface area contributed by atoms with Gasteiger partial charge in [0.2, 0.25) is 0 Å². The topological polar surface area (TPSA) is 84.4 Å². The highest BCUT2D eigenvalue weighted by atomic mass is 127. The Kier molecular flexibility index (Phi) is 7.16. The van der Waals surface area contributed by atoms with E-state index in [1.807, 2.05) is 59.8 Å². The lowest BCUT2D eigenvalue weighted by Crippen LogP contribution is -2.38. The third-order valence-electron chi connectivity index (χ3n) is 3.57. The van der Waals surface area contributed by atoms with Gasteiger partial charge in [-0.05, 0) is 31.0 Å². The molecule has 0 unspecified atom stereocenters. The van der Waals surface area contributed by atoms with Crippen molar-refractivity contribution in [1.82, 2.24) is 35.0 Å². The molecule has 2 N–H and O–H groups in total. The van der Waals surface area contributed by atoms with Gasteiger partial charge in [0.15, 0.2) is 17.4 Å².